The number of nitrogens with one attached hydrogen (secondary N) is 1. The minimum atomic E-state index is -1.24. The molecule has 0 heterocycles. The monoisotopic (exact) mass is 669 g/mol. The number of amides is 2. The average molecular weight is 670 g/mol. The summed E-state index contributed by atoms with van der Waals surface area (Å²) in [5, 5.41) is 26.1. The van der Waals surface area contributed by atoms with E-state index in [9.17, 15) is 19.8 Å². The number of hydrogen-bond donors (Lipinski definition) is 3. The highest BCUT2D eigenvalue weighted by molar-refractivity contribution is 5.99. The van der Waals surface area contributed by atoms with Gasteiger partial charge in [-0.1, -0.05) is 81.4 Å². The van der Waals surface area contributed by atoms with E-state index in [1.807, 2.05) is 12.1 Å². The summed E-state index contributed by atoms with van der Waals surface area (Å²) in [6, 6.07) is 24.9. The van der Waals surface area contributed by atoms with Gasteiger partial charge in [-0.25, -0.2) is 9.59 Å². The lowest BCUT2D eigenvalue weighted by atomic mass is 9.86. The molecule has 0 unspecified atom stereocenters. The third-order valence-electron chi connectivity index (χ3n) is 8.68. The summed E-state index contributed by atoms with van der Waals surface area (Å²) in [5.41, 5.74) is 4.14. The van der Waals surface area contributed by atoms with Gasteiger partial charge in [0.05, 0.1) is 14.2 Å². The van der Waals surface area contributed by atoms with Crippen LogP contribution >= 0.6 is 0 Å². The van der Waals surface area contributed by atoms with Crippen molar-refractivity contribution in [2.24, 2.45) is 0 Å². The van der Waals surface area contributed by atoms with E-state index in [0.29, 0.717) is 11.5 Å². The fourth-order valence-electron chi connectivity index (χ4n) is 6.29. The minimum Gasteiger partial charge on any atom is -0.493 e. The molecule has 0 aromatic heterocycles. The maximum Gasteiger partial charge on any atom is 0.410 e. The van der Waals surface area contributed by atoms with Crippen LogP contribution < -0.4 is 14.8 Å². The van der Waals surface area contributed by atoms with Crippen molar-refractivity contribution in [1.29, 1.82) is 0 Å². The standard InChI is InChI=1S/C40H51N3O6/c1-38(2,3)29-19-15-25(16-20-29)30-14-12-13-26-23-27(17-21-31(26)30)33-28(18-22-32(48-10)34(33)49-11)24-41-35(42(36(44)45)39(4,5)6)43(37(46)47)40(7,8)9/h12-23,35,41H,24H2,1-11H3,(H,44,45)(H,46,47). The van der Waals surface area contributed by atoms with Crippen molar-refractivity contribution >= 4 is 23.0 Å². The van der Waals surface area contributed by atoms with E-state index >= 15 is 0 Å². The number of carbonyl (C=O) groups is 2. The quantitative estimate of drug-likeness (QED) is 0.152. The lowest BCUT2D eigenvalue weighted by Crippen LogP contribution is -2.68. The minimum absolute atomic E-state index is 0.0614. The topological polar surface area (TPSA) is 112 Å². The van der Waals surface area contributed by atoms with Crippen LogP contribution in [-0.2, 0) is 12.0 Å². The van der Waals surface area contributed by atoms with Gasteiger partial charge in [0, 0.05) is 23.2 Å². The first-order chi connectivity index (χ1) is 22.8. The molecule has 0 bridgehead atoms. The number of methoxy groups -OCH3 is 2. The summed E-state index contributed by atoms with van der Waals surface area (Å²) in [6.45, 7) is 17.2. The molecule has 0 fully saturated rings. The van der Waals surface area contributed by atoms with Crippen molar-refractivity contribution in [3.05, 3.63) is 83.9 Å². The molecule has 0 saturated heterocycles. The van der Waals surface area contributed by atoms with Gasteiger partial charge in [-0.05, 0) is 97.7 Å². The molecular weight excluding hydrogens is 618 g/mol. The molecular formula is C40H51N3O6. The summed E-state index contributed by atoms with van der Waals surface area (Å²) in [7, 11) is 3.16. The molecule has 0 aliphatic rings. The van der Waals surface area contributed by atoms with Crippen LogP contribution in [0.3, 0.4) is 0 Å². The Kier molecular flexibility index (Phi) is 10.6. The van der Waals surface area contributed by atoms with Crippen LogP contribution in [0.1, 0.15) is 73.4 Å². The van der Waals surface area contributed by atoms with Crippen molar-refractivity contribution in [2.45, 2.75) is 91.6 Å². The summed E-state index contributed by atoms with van der Waals surface area (Å²) >= 11 is 0. The zero-order chi connectivity index (χ0) is 36.5. The maximum atomic E-state index is 12.7. The van der Waals surface area contributed by atoms with E-state index in [-0.39, 0.29) is 12.0 Å². The Balaban J connectivity index is 1.85. The van der Waals surface area contributed by atoms with Crippen LogP contribution in [0.5, 0.6) is 11.5 Å². The molecule has 0 saturated carbocycles. The van der Waals surface area contributed by atoms with Crippen molar-refractivity contribution < 1.29 is 29.3 Å². The van der Waals surface area contributed by atoms with Gasteiger partial charge in [0.1, 0.15) is 0 Å². The van der Waals surface area contributed by atoms with Crippen LogP contribution in [0.25, 0.3) is 33.0 Å². The smallest absolute Gasteiger partial charge is 0.410 e. The number of fused-ring (bicyclic) bond motifs is 1. The molecule has 9 nitrogen and oxygen atoms in total. The summed E-state index contributed by atoms with van der Waals surface area (Å²) in [6.07, 6.45) is -3.70. The van der Waals surface area contributed by atoms with E-state index in [1.54, 1.807) is 61.8 Å². The second-order valence-electron chi connectivity index (χ2n) is 15.3. The Labute approximate surface area is 290 Å². The van der Waals surface area contributed by atoms with Crippen molar-refractivity contribution in [3.8, 4) is 33.8 Å². The Bertz CT molecular complexity index is 1780. The molecule has 0 aliphatic carbocycles. The maximum absolute atomic E-state index is 12.7. The molecule has 0 radical (unpaired) electrons. The van der Waals surface area contributed by atoms with Crippen molar-refractivity contribution in [2.75, 3.05) is 14.2 Å². The molecule has 2 amide bonds. The highest BCUT2D eigenvalue weighted by Gasteiger charge is 2.43. The lowest BCUT2D eigenvalue weighted by Gasteiger charge is -2.48. The Morgan fingerprint density at radius 2 is 1.31 bits per heavy atom. The average Bonchev–Trinajstić information content (AvgIpc) is 3.00. The molecule has 4 aromatic carbocycles. The second kappa shape index (κ2) is 14.0. The normalized spacial score (nSPS) is 12.2. The van der Waals surface area contributed by atoms with Gasteiger partial charge in [-0.2, -0.15) is 0 Å². The first-order valence-corrected chi connectivity index (χ1v) is 16.5. The van der Waals surface area contributed by atoms with Crippen LogP contribution in [0.2, 0.25) is 0 Å². The number of ether oxygens (including phenoxy) is 2. The van der Waals surface area contributed by atoms with E-state index in [0.717, 1.165) is 48.4 Å². The van der Waals surface area contributed by atoms with Gasteiger partial charge >= 0.3 is 12.2 Å². The fraction of sp³-hybridized carbons (Fsp3) is 0.400. The summed E-state index contributed by atoms with van der Waals surface area (Å²) < 4.78 is 11.6. The predicted octanol–water partition coefficient (Wildman–Crippen LogP) is 9.42. The van der Waals surface area contributed by atoms with Crippen LogP contribution in [0, 0.1) is 0 Å². The number of rotatable bonds is 9. The molecule has 49 heavy (non-hydrogen) atoms. The first kappa shape index (κ1) is 37.1. The molecule has 0 atom stereocenters. The Hall–Kier alpha value is -4.76. The van der Waals surface area contributed by atoms with Gasteiger partial charge in [0.15, 0.2) is 17.8 Å². The van der Waals surface area contributed by atoms with E-state index < -0.39 is 29.6 Å². The Morgan fingerprint density at radius 1 is 0.735 bits per heavy atom. The highest BCUT2D eigenvalue weighted by Crippen LogP contribution is 2.43. The first-order valence-electron chi connectivity index (χ1n) is 16.5. The molecule has 3 N–H and O–H groups in total. The van der Waals surface area contributed by atoms with E-state index in [4.69, 9.17) is 9.47 Å². The molecule has 4 aromatic rings. The lowest BCUT2D eigenvalue weighted by molar-refractivity contribution is -0.0460. The van der Waals surface area contributed by atoms with E-state index in [2.05, 4.69) is 80.7 Å². The van der Waals surface area contributed by atoms with Crippen LogP contribution in [0.15, 0.2) is 72.8 Å². The van der Waals surface area contributed by atoms with Crippen molar-refractivity contribution in [1.82, 2.24) is 15.1 Å². The van der Waals surface area contributed by atoms with Gasteiger partial charge < -0.3 is 19.7 Å². The molecule has 262 valence electrons. The van der Waals surface area contributed by atoms with Crippen LogP contribution in [0.4, 0.5) is 9.59 Å². The van der Waals surface area contributed by atoms with Gasteiger partial charge in [-0.3, -0.25) is 15.1 Å². The summed E-state index contributed by atoms with van der Waals surface area (Å²) in [5.74, 6) is 1.05. The van der Waals surface area contributed by atoms with Crippen molar-refractivity contribution in [3.63, 3.8) is 0 Å². The third-order valence-corrected chi connectivity index (χ3v) is 8.68. The second-order valence-corrected chi connectivity index (χ2v) is 15.3. The zero-order valence-electron chi connectivity index (χ0n) is 30.6. The number of carboxylic acid groups (broad SMARTS) is 2. The van der Waals surface area contributed by atoms with Gasteiger partial charge in [0.25, 0.3) is 0 Å². The molecule has 0 aliphatic heterocycles. The largest absolute Gasteiger partial charge is 0.493 e. The number of nitrogens with zero attached hydrogens (tertiary/aromatic N) is 2. The number of hydrogen-bond acceptors (Lipinski definition) is 5. The fourth-order valence-corrected chi connectivity index (χ4v) is 6.29. The van der Waals surface area contributed by atoms with Gasteiger partial charge in [0.2, 0.25) is 0 Å². The molecule has 4 rings (SSSR count). The summed E-state index contributed by atoms with van der Waals surface area (Å²) in [4.78, 5) is 27.6. The molecule has 0 spiro atoms. The highest BCUT2D eigenvalue weighted by atomic mass is 16.5. The van der Waals surface area contributed by atoms with Gasteiger partial charge in [-0.15, -0.1) is 0 Å². The third kappa shape index (κ3) is 7.94. The zero-order valence-corrected chi connectivity index (χ0v) is 30.6. The number of benzene rings is 4. The molecule has 9 heteroatoms. The Morgan fingerprint density at radius 3 is 1.80 bits per heavy atom. The van der Waals surface area contributed by atoms with E-state index in [1.165, 1.54) is 5.56 Å². The predicted molar refractivity (Wildman–Crippen MR) is 196 cm³/mol. The van der Waals surface area contributed by atoms with Crippen LogP contribution in [-0.4, -0.2) is 63.8 Å². The SMILES string of the molecule is COc1ccc(CNC(N(C(=O)O)C(C)(C)C)N(C(=O)O)C(C)(C)C)c(-c2ccc3c(-c4ccc(C(C)(C)C)cc4)cccc3c2)c1OC.